The Kier molecular flexibility index (Phi) is 3.82. The molecule has 21 heavy (non-hydrogen) atoms. The van der Waals surface area contributed by atoms with E-state index in [9.17, 15) is 10.1 Å². The summed E-state index contributed by atoms with van der Waals surface area (Å²) in [6.07, 6.45) is 2.65. The van der Waals surface area contributed by atoms with Crippen LogP contribution in [0.1, 0.15) is 24.8 Å². The average Bonchev–Trinajstić information content (AvgIpc) is 2.82. The largest absolute Gasteiger partial charge is 0.481 e. The summed E-state index contributed by atoms with van der Waals surface area (Å²) in [5.41, 5.74) is 0.575. The van der Waals surface area contributed by atoms with Crippen LogP contribution in [0.3, 0.4) is 0 Å². The minimum Gasteiger partial charge on any atom is -0.481 e. The second-order valence-electron chi connectivity index (χ2n) is 5.87. The molecule has 2 saturated heterocycles. The molecule has 1 aromatic rings. The van der Waals surface area contributed by atoms with E-state index in [1.165, 1.54) is 0 Å². The Morgan fingerprint density at radius 3 is 2.90 bits per heavy atom. The Bertz CT molecular complexity index is 540. The second kappa shape index (κ2) is 5.61. The number of hydrogen-bond donors (Lipinski definition) is 1. The van der Waals surface area contributed by atoms with Crippen LogP contribution in [-0.4, -0.2) is 36.3 Å². The molecule has 6 heteroatoms. The van der Waals surface area contributed by atoms with E-state index in [0.717, 1.165) is 32.4 Å². The zero-order valence-electron chi connectivity index (χ0n) is 12.1. The lowest BCUT2D eigenvalue weighted by Crippen LogP contribution is -2.41. The predicted molar refractivity (Wildman–Crippen MR) is 77.7 cm³/mol. The molecule has 1 N–H and O–H groups in total. The van der Waals surface area contributed by atoms with Gasteiger partial charge in [-0.2, -0.15) is 0 Å². The highest BCUT2D eigenvalue weighted by atomic mass is 16.6. The van der Waals surface area contributed by atoms with Gasteiger partial charge < -0.3 is 14.8 Å². The van der Waals surface area contributed by atoms with Crippen molar-refractivity contribution in [3.63, 3.8) is 0 Å². The average molecular weight is 292 g/mol. The van der Waals surface area contributed by atoms with Crippen LogP contribution < -0.4 is 10.1 Å². The number of nitro groups is 1. The molecular weight excluding hydrogens is 272 g/mol. The van der Waals surface area contributed by atoms with Gasteiger partial charge in [-0.1, -0.05) is 12.1 Å². The van der Waals surface area contributed by atoms with E-state index in [1.807, 2.05) is 0 Å². The molecule has 6 nitrogen and oxygen atoms in total. The third-order valence-electron chi connectivity index (χ3n) is 4.37. The number of para-hydroxylation sites is 1. The maximum absolute atomic E-state index is 11.2. The molecule has 0 bridgehead atoms. The van der Waals surface area contributed by atoms with Crippen LogP contribution in [0.25, 0.3) is 0 Å². The maximum atomic E-state index is 11.2. The Morgan fingerprint density at radius 2 is 2.19 bits per heavy atom. The highest BCUT2D eigenvalue weighted by molar-refractivity contribution is 5.52. The van der Waals surface area contributed by atoms with Crippen LogP contribution in [0.2, 0.25) is 0 Å². The van der Waals surface area contributed by atoms with Gasteiger partial charge in [0.2, 0.25) is 0 Å². The Labute approximate surface area is 123 Å². The van der Waals surface area contributed by atoms with Crippen molar-refractivity contribution < 1.29 is 14.4 Å². The lowest BCUT2D eigenvalue weighted by molar-refractivity contribution is -0.386. The summed E-state index contributed by atoms with van der Waals surface area (Å²) >= 11 is 0. The normalized spacial score (nSPS) is 24.1. The van der Waals surface area contributed by atoms with E-state index < -0.39 is 0 Å². The molecule has 1 spiro atoms. The van der Waals surface area contributed by atoms with Gasteiger partial charge in [0.05, 0.1) is 17.1 Å². The molecule has 1 atom stereocenters. The quantitative estimate of drug-likeness (QED) is 0.683. The van der Waals surface area contributed by atoms with Crippen molar-refractivity contribution in [1.29, 1.82) is 0 Å². The van der Waals surface area contributed by atoms with Gasteiger partial charge in [0.1, 0.15) is 6.10 Å². The van der Waals surface area contributed by atoms with Gasteiger partial charge in [-0.05, 0) is 38.9 Å². The van der Waals surface area contributed by atoms with Gasteiger partial charge in [0, 0.05) is 12.0 Å². The molecule has 0 radical (unpaired) electrons. The number of nitrogens with zero attached hydrogens (tertiary/aromatic N) is 1. The molecule has 2 aliphatic rings. The van der Waals surface area contributed by atoms with Gasteiger partial charge in [0.15, 0.2) is 5.75 Å². The first-order valence-electron chi connectivity index (χ1n) is 7.35. The van der Waals surface area contributed by atoms with Crippen molar-refractivity contribution >= 4 is 5.69 Å². The highest BCUT2D eigenvalue weighted by Gasteiger charge is 2.42. The standard InChI is InChI=1S/C15H20N2O4/c1-11-3-2-4-13(14(11)17(18)19)21-12-9-15(20-10-12)5-7-16-8-6-15/h2-4,12,16H,5-10H2,1H3. The summed E-state index contributed by atoms with van der Waals surface area (Å²) in [5, 5.41) is 14.5. The Morgan fingerprint density at radius 1 is 1.43 bits per heavy atom. The molecule has 3 rings (SSSR count). The minimum atomic E-state index is -0.374. The smallest absolute Gasteiger partial charge is 0.313 e. The van der Waals surface area contributed by atoms with Gasteiger partial charge in [-0.25, -0.2) is 0 Å². The maximum Gasteiger partial charge on any atom is 0.313 e. The van der Waals surface area contributed by atoms with Gasteiger partial charge in [-0.3, -0.25) is 10.1 Å². The summed E-state index contributed by atoms with van der Waals surface area (Å²) in [5.74, 6) is 0.347. The molecule has 2 aliphatic heterocycles. The van der Waals surface area contributed by atoms with Crippen LogP contribution >= 0.6 is 0 Å². The van der Waals surface area contributed by atoms with Crippen molar-refractivity contribution in [2.24, 2.45) is 0 Å². The molecular formula is C15H20N2O4. The van der Waals surface area contributed by atoms with Gasteiger partial charge in [0.25, 0.3) is 0 Å². The third kappa shape index (κ3) is 2.87. The molecule has 0 amide bonds. The molecule has 0 saturated carbocycles. The van der Waals surface area contributed by atoms with Gasteiger partial charge >= 0.3 is 5.69 Å². The lowest BCUT2D eigenvalue weighted by Gasteiger charge is -2.32. The summed E-state index contributed by atoms with van der Waals surface area (Å²) < 4.78 is 11.9. The van der Waals surface area contributed by atoms with Crippen molar-refractivity contribution in [2.45, 2.75) is 37.9 Å². The Balaban J connectivity index is 1.73. The molecule has 114 valence electrons. The van der Waals surface area contributed by atoms with E-state index in [0.29, 0.717) is 17.9 Å². The summed E-state index contributed by atoms with van der Waals surface area (Å²) in [4.78, 5) is 10.8. The lowest BCUT2D eigenvalue weighted by atomic mass is 9.89. The van der Waals surface area contributed by atoms with E-state index >= 15 is 0 Å². The van der Waals surface area contributed by atoms with Crippen LogP contribution in [0.5, 0.6) is 5.75 Å². The highest BCUT2D eigenvalue weighted by Crippen LogP contribution is 2.38. The van der Waals surface area contributed by atoms with E-state index in [1.54, 1.807) is 25.1 Å². The topological polar surface area (TPSA) is 73.6 Å². The fraction of sp³-hybridized carbons (Fsp3) is 0.600. The fourth-order valence-electron chi connectivity index (χ4n) is 3.25. The van der Waals surface area contributed by atoms with Crippen molar-refractivity contribution in [3.05, 3.63) is 33.9 Å². The number of piperidine rings is 1. The van der Waals surface area contributed by atoms with E-state index in [-0.39, 0.29) is 22.3 Å². The first-order valence-corrected chi connectivity index (χ1v) is 7.35. The fourth-order valence-corrected chi connectivity index (χ4v) is 3.25. The number of nitro benzene ring substituents is 1. The predicted octanol–water partition coefficient (Wildman–Crippen LogP) is 2.19. The van der Waals surface area contributed by atoms with Gasteiger partial charge in [-0.15, -0.1) is 0 Å². The summed E-state index contributed by atoms with van der Waals surface area (Å²) in [6.45, 7) is 4.14. The first-order chi connectivity index (χ1) is 10.1. The second-order valence-corrected chi connectivity index (χ2v) is 5.87. The number of aryl methyl sites for hydroxylation is 1. The number of hydrogen-bond acceptors (Lipinski definition) is 5. The zero-order chi connectivity index (χ0) is 14.9. The van der Waals surface area contributed by atoms with Crippen LogP contribution in [0.15, 0.2) is 18.2 Å². The van der Waals surface area contributed by atoms with Crippen molar-refractivity contribution in [3.8, 4) is 5.75 Å². The number of benzene rings is 1. The molecule has 0 aliphatic carbocycles. The van der Waals surface area contributed by atoms with Crippen molar-refractivity contribution in [2.75, 3.05) is 19.7 Å². The first kappa shape index (κ1) is 14.3. The molecule has 0 aromatic heterocycles. The minimum absolute atomic E-state index is 0.0590. The molecule has 1 aromatic carbocycles. The Hall–Kier alpha value is -1.66. The summed E-state index contributed by atoms with van der Waals surface area (Å²) in [6, 6.07) is 5.18. The monoisotopic (exact) mass is 292 g/mol. The molecule has 1 unspecified atom stereocenters. The molecule has 2 fully saturated rings. The number of rotatable bonds is 3. The molecule has 2 heterocycles. The number of ether oxygens (including phenoxy) is 2. The third-order valence-corrected chi connectivity index (χ3v) is 4.37. The van der Waals surface area contributed by atoms with Crippen LogP contribution in [-0.2, 0) is 4.74 Å². The van der Waals surface area contributed by atoms with Crippen LogP contribution in [0.4, 0.5) is 5.69 Å². The number of nitrogens with one attached hydrogen (secondary N) is 1. The zero-order valence-corrected chi connectivity index (χ0v) is 12.1. The SMILES string of the molecule is Cc1cccc(OC2COC3(CCNCC3)C2)c1[N+](=O)[O-]. The van der Waals surface area contributed by atoms with E-state index in [2.05, 4.69) is 5.32 Å². The summed E-state index contributed by atoms with van der Waals surface area (Å²) in [7, 11) is 0. The van der Waals surface area contributed by atoms with Crippen LogP contribution in [0, 0.1) is 17.0 Å². The van der Waals surface area contributed by atoms with Crippen molar-refractivity contribution in [1.82, 2.24) is 5.32 Å². The van der Waals surface area contributed by atoms with E-state index in [4.69, 9.17) is 9.47 Å².